The molecule has 20 heavy (non-hydrogen) atoms. The first kappa shape index (κ1) is 14.5. The first-order valence-corrected chi connectivity index (χ1v) is 7.22. The van der Waals surface area contributed by atoms with Crippen molar-refractivity contribution in [2.45, 2.75) is 63.6 Å². The number of ether oxygens (including phenoxy) is 1. The summed E-state index contributed by atoms with van der Waals surface area (Å²) in [6, 6.07) is 0. The highest BCUT2D eigenvalue weighted by molar-refractivity contribution is 5.28. The highest BCUT2D eigenvalue weighted by Crippen LogP contribution is 2.66. The van der Waals surface area contributed by atoms with Gasteiger partial charge in [0.2, 0.25) is 0 Å². The maximum Gasteiger partial charge on any atom is 0.126 e. The summed E-state index contributed by atoms with van der Waals surface area (Å²) in [6.45, 7) is 6.06. The van der Waals surface area contributed by atoms with Crippen molar-refractivity contribution in [1.82, 2.24) is 0 Å². The minimum atomic E-state index is -0.930. The highest BCUT2D eigenvalue weighted by atomic mass is 16.6. The molecule has 0 amide bonds. The smallest absolute Gasteiger partial charge is 0.126 e. The minimum Gasteiger partial charge on any atom is -0.390 e. The summed E-state index contributed by atoms with van der Waals surface area (Å²) in [6.07, 6.45) is -0.664. The molecule has 0 aromatic rings. The van der Waals surface area contributed by atoms with Gasteiger partial charge in [-0.15, -0.1) is 0 Å². The van der Waals surface area contributed by atoms with Crippen LogP contribution in [0.2, 0.25) is 0 Å². The van der Waals surface area contributed by atoms with Crippen molar-refractivity contribution in [2.75, 3.05) is 6.61 Å². The molecule has 5 heteroatoms. The summed E-state index contributed by atoms with van der Waals surface area (Å²) in [5, 5.41) is 41.1. The van der Waals surface area contributed by atoms with Crippen molar-refractivity contribution in [3.05, 3.63) is 11.6 Å². The zero-order valence-electron chi connectivity index (χ0n) is 12.2. The first-order valence-electron chi connectivity index (χ1n) is 7.22. The maximum absolute atomic E-state index is 10.6. The molecule has 0 aromatic heterocycles. The van der Waals surface area contributed by atoms with Gasteiger partial charge in [-0.25, -0.2) is 0 Å². The Morgan fingerprint density at radius 2 is 1.75 bits per heavy atom. The van der Waals surface area contributed by atoms with Gasteiger partial charge >= 0.3 is 0 Å². The third-order valence-corrected chi connectivity index (χ3v) is 6.33. The summed E-state index contributed by atoms with van der Waals surface area (Å²) in [4.78, 5) is 0. The second-order valence-electron chi connectivity index (χ2n) is 7.22. The second-order valence-corrected chi connectivity index (χ2v) is 7.22. The maximum atomic E-state index is 10.6. The average Bonchev–Trinajstić information content (AvgIpc) is 3.13. The van der Waals surface area contributed by atoms with E-state index in [4.69, 9.17) is 4.74 Å². The van der Waals surface area contributed by atoms with E-state index in [-0.39, 0.29) is 0 Å². The zero-order valence-corrected chi connectivity index (χ0v) is 12.2. The Balaban J connectivity index is 2.04. The topological polar surface area (TPSA) is 93.5 Å². The Kier molecular flexibility index (Phi) is 2.93. The standard InChI is InChI=1S/C15H24O5/c1-8-4-11(18)13(2,5-9(8)16)14(3)6-10(17)12(19)15(14)7-20-15/h4,9-12,16-19H,5-7H2,1-3H3/t9-,10+,11-,12+,13-,14+,15+/m0/s1. The van der Waals surface area contributed by atoms with E-state index in [1.165, 1.54) is 0 Å². The van der Waals surface area contributed by atoms with Crippen LogP contribution in [0.5, 0.6) is 0 Å². The number of rotatable bonds is 1. The normalized spacial score (nSPS) is 58.9. The van der Waals surface area contributed by atoms with E-state index < -0.39 is 40.8 Å². The molecule has 3 rings (SSSR count). The number of aliphatic hydroxyl groups excluding tert-OH is 4. The van der Waals surface area contributed by atoms with Gasteiger partial charge in [-0.3, -0.25) is 0 Å². The van der Waals surface area contributed by atoms with Gasteiger partial charge in [0, 0.05) is 10.8 Å². The van der Waals surface area contributed by atoms with E-state index in [9.17, 15) is 20.4 Å². The second kappa shape index (κ2) is 4.05. The summed E-state index contributed by atoms with van der Waals surface area (Å²) in [5.74, 6) is 0. The van der Waals surface area contributed by atoms with Crippen LogP contribution in [0.15, 0.2) is 11.6 Å². The summed E-state index contributed by atoms with van der Waals surface area (Å²) in [5.41, 5.74) is -1.26. The van der Waals surface area contributed by atoms with E-state index >= 15 is 0 Å². The molecule has 2 aliphatic carbocycles. The fourth-order valence-corrected chi connectivity index (χ4v) is 4.40. The van der Waals surface area contributed by atoms with Crippen molar-refractivity contribution < 1.29 is 25.2 Å². The van der Waals surface area contributed by atoms with E-state index in [1.54, 1.807) is 13.0 Å². The largest absolute Gasteiger partial charge is 0.390 e. The zero-order chi connectivity index (χ0) is 14.9. The van der Waals surface area contributed by atoms with Crippen LogP contribution in [0.1, 0.15) is 33.6 Å². The first-order chi connectivity index (χ1) is 9.18. The average molecular weight is 284 g/mol. The number of hydrogen-bond acceptors (Lipinski definition) is 5. The lowest BCUT2D eigenvalue weighted by Gasteiger charge is -2.52. The van der Waals surface area contributed by atoms with Gasteiger partial charge in [0.1, 0.15) is 11.7 Å². The number of epoxide rings is 1. The van der Waals surface area contributed by atoms with Crippen molar-refractivity contribution >= 4 is 0 Å². The molecule has 0 bridgehead atoms. The number of hydrogen-bond donors (Lipinski definition) is 4. The van der Waals surface area contributed by atoms with Crippen molar-refractivity contribution in [2.24, 2.45) is 10.8 Å². The third kappa shape index (κ3) is 1.50. The van der Waals surface area contributed by atoms with Crippen LogP contribution >= 0.6 is 0 Å². The number of aliphatic hydroxyl groups is 4. The lowest BCUT2D eigenvalue weighted by Crippen LogP contribution is -2.56. The van der Waals surface area contributed by atoms with Crippen LogP contribution in [0.25, 0.3) is 0 Å². The fourth-order valence-electron chi connectivity index (χ4n) is 4.40. The van der Waals surface area contributed by atoms with Gasteiger partial charge in [-0.1, -0.05) is 19.9 Å². The third-order valence-electron chi connectivity index (χ3n) is 6.33. The van der Waals surface area contributed by atoms with Crippen LogP contribution in [0, 0.1) is 10.8 Å². The van der Waals surface area contributed by atoms with Crippen LogP contribution in [-0.4, -0.2) is 57.0 Å². The predicted molar refractivity (Wildman–Crippen MR) is 71.9 cm³/mol. The molecule has 1 aliphatic heterocycles. The summed E-state index contributed by atoms with van der Waals surface area (Å²) >= 11 is 0. The fraction of sp³-hybridized carbons (Fsp3) is 0.867. The predicted octanol–water partition coefficient (Wildman–Crippen LogP) is -0.0347. The molecule has 2 fully saturated rings. The molecule has 4 N–H and O–H groups in total. The van der Waals surface area contributed by atoms with Gasteiger partial charge in [0.15, 0.2) is 0 Å². The molecule has 1 heterocycles. The molecule has 1 saturated heterocycles. The quantitative estimate of drug-likeness (QED) is 0.401. The molecule has 5 nitrogen and oxygen atoms in total. The van der Waals surface area contributed by atoms with Crippen LogP contribution in [0.3, 0.4) is 0 Å². The summed E-state index contributed by atoms with van der Waals surface area (Å²) in [7, 11) is 0. The Morgan fingerprint density at radius 3 is 2.30 bits per heavy atom. The molecule has 3 aliphatic rings. The van der Waals surface area contributed by atoms with Crippen LogP contribution < -0.4 is 0 Å². The molecule has 0 unspecified atom stereocenters. The molecule has 7 atom stereocenters. The Labute approximate surface area is 118 Å². The van der Waals surface area contributed by atoms with Crippen molar-refractivity contribution in [3.63, 3.8) is 0 Å². The Hall–Kier alpha value is -0.460. The molecular formula is C15H24O5. The van der Waals surface area contributed by atoms with Crippen molar-refractivity contribution in [3.8, 4) is 0 Å². The van der Waals surface area contributed by atoms with E-state index in [0.29, 0.717) is 19.4 Å². The lowest BCUT2D eigenvalue weighted by molar-refractivity contribution is -0.108. The van der Waals surface area contributed by atoms with Gasteiger partial charge in [0.05, 0.1) is 24.9 Å². The minimum absolute atomic E-state index is 0.362. The van der Waals surface area contributed by atoms with Crippen molar-refractivity contribution in [1.29, 1.82) is 0 Å². The highest BCUT2D eigenvalue weighted by Gasteiger charge is 2.75. The van der Waals surface area contributed by atoms with Gasteiger partial charge in [0.25, 0.3) is 0 Å². The molecule has 0 radical (unpaired) electrons. The lowest BCUT2D eigenvalue weighted by atomic mass is 9.53. The molecule has 1 saturated carbocycles. The SMILES string of the molecule is CC1=C[C@H](O)[C@@](C)([C@@]2(C)C[C@@H](O)[C@@H](O)[C@]23CO3)C[C@@H]1O. The van der Waals surface area contributed by atoms with Gasteiger partial charge in [-0.05, 0) is 25.3 Å². The van der Waals surface area contributed by atoms with Gasteiger partial charge < -0.3 is 25.2 Å². The van der Waals surface area contributed by atoms with Crippen LogP contribution in [-0.2, 0) is 4.74 Å². The Morgan fingerprint density at radius 1 is 1.15 bits per heavy atom. The summed E-state index contributed by atoms with van der Waals surface area (Å²) < 4.78 is 5.56. The molecular weight excluding hydrogens is 260 g/mol. The monoisotopic (exact) mass is 284 g/mol. The van der Waals surface area contributed by atoms with E-state index in [0.717, 1.165) is 5.57 Å². The molecule has 1 spiro atoms. The van der Waals surface area contributed by atoms with E-state index in [2.05, 4.69) is 0 Å². The molecule has 0 aromatic carbocycles. The van der Waals surface area contributed by atoms with Gasteiger partial charge in [-0.2, -0.15) is 0 Å². The van der Waals surface area contributed by atoms with Crippen LogP contribution in [0.4, 0.5) is 0 Å². The Bertz CT molecular complexity index is 457. The molecule has 114 valence electrons. The van der Waals surface area contributed by atoms with E-state index in [1.807, 2.05) is 13.8 Å².